The minimum absolute atomic E-state index is 0.194. The van der Waals surface area contributed by atoms with Crippen LogP contribution in [0.2, 0.25) is 0 Å². The largest absolute Gasteiger partial charge is 0.490 e. The second-order valence-electron chi connectivity index (χ2n) is 6.78. The van der Waals surface area contributed by atoms with Crippen molar-refractivity contribution in [2.24, 2.45) is 0 Å². The van der Waals surface area contributed by atoms with Gasteiger partial charge in [0, 0.05) is 19.5 Å². The van der Waals surface area contributed by atoms with Crippen LogP contribution in [0.5, 0.6) is 5.75 Å². The molecule has 2 aliphatic rings. The summed E-state index contributed by atoms with van der Waals surface area (Å²) in [6.07, 6.45) is 7.67. The molecule has 1 aromatic carbocycles. The van der Waals surface area contributed by atoms with Crippen LogP contribution < -0.4 is 4.74 Å². The molecule has 1 aliphatic carbocycles. The Bertz CT molecular complexity index is 517. The van der Waals surface area contributed by atoms with Crippen LogP contribution in [0.1, 0.15) is 50.5 Å². The number of ether oxygens (including phenoxy) is 1. The lowest BCUT2D eigenvalue weighted by molar-refractivity contribution is -0.133. The highest BCUT2D eigenvalue weighted by atomic mass is 16.5. The van der Waals surface area contributed by atoms with Gasteiger partial charge in [0.2, 0.25) is 5.91 Å². The van der Waals surface area contributed by atoms with Gasteiger partial charge in [-0.3, -0.25) is 4.79 Å². The first kappa shape index (κ1) is 16.3. The van der Waals surface area contributed by atoms with Crippen LogP contribution in [0.4, 0.5) is 0 Å². The molecule has 0 spiro atoms. The summed E-state index contributed by atoms with van der Waals surface area (Å²) in [4.78, 5) is 14.1. The van der Waals surface area contributed by atoms with Crippen molar-refractivity contribution in [2.45, 2.75) is 63.6 Å². The molecule has 1 N–H and O–H groups in total. The molecule has 3 rings (SSSR count). The summed E-state index contributed by atoms with van der Waals surface area (Å²) in [6, 6.07) is 8.16. The lowest BCUT2D eigenvalue weighted by Gasteiger charge is -2.29. The van der Waals surface area contributed by atoms with E-state index in [1.54, 1.807) is 0 Å². The Morgan fingerprint density at radius 1 is 1.17 bits per heavy atom. The van der Waals surface area contributed by atoms with Gasteiger partial charge in [-0.05, 0) is 62.6 Å². The van der Waals surface area contributed by atoms with Gasteiger partial charge in [-0.2, -0.15) is 0 Å². The smallest absolute Gasteiger partial charge is 0.222 e. The van der Waals surface area contributed by atoms with Gasteiger partial charge in [-0.15, -0.1) is 0 Å². The highest BCUT2D eigenvalue weighted by Gasteiger charge is 2.21. The Morgan fingerprint density at radius 2 is 1.91 bits per heavy atom. The molecule has 23 heavy (non-hydrogen) atoms. The van der Waals surface area contributed by atoms with Crippen molar-refractivity contribution in [3.8, 4) is 5.75 Å². The van der Waals surface area contributed by atoms with Crippen LogP contribution in [0.15, 0.2) is 24.3 Å². The Balaban J connectivity index is 1.48. The van der Waals surface area contributed by atoms with Crippen molar-refractivity contribution in [2.75, 3.05) is 13.1 Å². The zero-order valence-corrected chi connectivity index (χ0v) is 13.7. The van der Waals surface area contributed by atoms with E-state index < -0.39 is 0 Å². The van der Waals surface area contributed by atoms with Gasteiger partial charge in [0.05, 0.1) is 12.2 Å². The summed E-state index contributed by atoms with van der Waals surface area (Å²) in [6.45, 7) is 1.37. The summed E-state index contributed by atoms with van der Waals surface area (Å²) in [5.41, 5.74) is 1.16. The quantitative estimate of drug-likeness (QED) is 0.908. The highest BCUT2D eigenvalue weighted by Crippen LogP contribution is 2.25. The molecule has 1 saturated carbocycles. The third-order valence-corrected chi connectivity index (χ3v) is 4.95. The van der Waals surface area contributed by atoms with Crippen molar-refractivity contribution in [3.63, 3.8) is 0 Å². The number of likely N-dealkylation sites (tertiary alicyclic amines) is 1. The van der Waals surface area contributed by atoms with Crippen LogP contribution in [0.25, 0.3) is 0 Å². The van der Waals surface area contributed by atoms with Crippen molar-refractivity contribution in [3.05, 3.63) is 29.8 Å². The van der Waals surface area contributed by atoms with Crippen molar-refractivity contribution >= 4 is 5.91 Å². The Kier molecular flexibility index (Phi) is 5.55. The lowest BCUT2D eigenvalue weighted by atomic mass is 10.1. The van der Waals surface area contributed by atoms with Crippen LogP contribution in [-0.4, -0.2) is 41.2 Å². The Labute approximate surface area is 138 Å². The summed E-state index contributed by atoms with van der Waals surface area (Å²) in [7, 11) is 0. The molecule has 0 bridgehead atoms. The zero-order valence-electron chi connectivity index (χ0n) is 13.7. The van der Waals surface area contributed by atoms with Crippen LogP contribution in [-0.2, 0) is 11.2 Å². The fourth-order valence-electron chi connectivity index (χ4n) is 3.50. The molecule has 2 fully saturated rings. The van der Waals surface area contributed by atoms with Crippen molar-refractivity contribution in [1.29, 1.82) is 0 Å². The SMILES string of the molecule is O=C(CCc1cccc(OC2CCCC2)c1)N1CCC(O)CC1. The minimum atomic E-state index is -0.233. The number of aliphatic hydroxyl groups excluding tert-OH is 1. The minimum Gasteiger partial charge on any atom is -0.490 e. The maximum absolute atomic E-state index is 12.3. The third kappa shape index (κ3) is 4.71. The van der Waals surface area contributed by atoms with Gasteiger partial charge in [0.1, 0.15) is 5.75 Å². The van der Waals surface area contributed by atoms with Crippen molar-refractivity contribution in [1.82, 2.24) is 4.90 Å². The fourth-order valence-corrected chi connectivity index (χ4v) is 3.50. The van der Waals surface area contributed by atoms with E-state index in [9.17, 15) is 9.90 Å². The monoisotopic (exact) mass is 317 g/mol. The maximum atomic E-state index is 12.3. The number of carbonyl (C=O) groups excluding carboxylic acids is 1. The number of amides is 1. The van der Waals surface area contributed by atoms with E-state index >= 15 is 0 Å². The topological polar surface area (TPSA) is 49.8 Å². The highest BCUT2D eigenvalue weighted by molar-refractivity contribution is 5.76. The molecule has 1 heterocycles. The van der Waals surface area contributed by atoms with Gasteiger partial charge in [-0.25, -0.2) is 0 Å². The molecular weight excluding hydrogens is 290 g/mol. The number of benzene rings is 1. The first-order valence-electron chi connectivity index (χ1n) is 8.92. The predicted octanol–water partition coefficient (Wildman–Crippen LogP) is 2.92. The molecular formula is C19H27NO3. The van der Waals surface area contributed by atoms with Gasteiger partial charge < -0.3 is 14.7 Å². The summed E-state index contributed by atoms with van der Waals surface area (Å²) >= 11 is 0. The summed E-state index contributed by atoms with van der Waals surface area (Å²) in [5.74, 6) is 1.13. The molecule has 1 aliphatic heterocycles. The molecule has 1 aromatic rings. The van der Waals surface area contributed by atoms with E-state index in [0.717, 1.165) is 30.6 Å². The van der Waals surface area contributed by atoms with E-state index in [0.29, 0.717) is 38.5 Å². The molecule has 0 atom stereocenters. The first-order valence-corrected chi connectivity index (χ1v) is 8.92. The standard InChI is InChI=1S/C19H27NO3/c21-16-10-12-20(13-11-16)19(22)9-8-15-4-3-7-18(14-15)23-17-5-1-2-6-17/h3-4,7,14,16-17,21H,1-2,5-6,8-13H2. The van der Waals surface area contributed by atoms with Gasteiger partial charge in [0.25, 0.3) is 0 Å². The number of aliphatic hydroxyl groups is 1. The maximum Gasteiger partial charge on any atom is 0.222 e. The van der Waals surface area contributed by atoms with Gasteiger partial charge >= 0.3 is 0 Å². The average molecular weight is 317 g/mol. The second kappa shape index (κ2) is 7.82. The Hall–Kier alpha value is -1.55. The first-order chi connectivity index (χ1) is 11.2. The number of nitrogens with zero attached hydrogens (tertiary/aromatic N) is 1. The molecule has 126 valence electrons. The molecule has 1 amide bonds. The molecule has 0 unspecified atom stereocenters. The molecule has 4 nitrogen and oxygen atoms in total. The van der Waals surface area contributed by atoms with Crippen LogP contribution in [0.3, 0.4) is 0 Å². The third-order valence-electron chi connectivity index (χ3n) is 4.95. The van der Waals surface area contributed by atoms with E-state index in [1.807, 2.05) is 17.0 Å². The Morgan fingerprint density at radius 3 is 2.65 bits per heavy atom. The molecule has 4 heteroatoms. The number of aryl methyl sites for hydroxylation is 1. The van der Waals surface area contributed by atoms with E-state index in [1.165, 1.54) is 12.8 Å². The summed E-state index contributed by atoms with van der Waals surface area (Å²) < 4.78 is 6.03. The number of piperidine rings is 1. The van der Waals surface area contributed by atoms with E-state index in [-0.39, 0.29) is 12.0 Å². The van der Waals surface area contributed by atoms with Gasteiger partial charge in [-0.1, -0.05) is 12.1 Å². The average Bonchev–Trinajstić information content (AvgIpc) is 3.07. The van der Waals surface area contributed by atoms with E-state index in [2.05, 4.69) is 12.1 Å². The predicted molar refractivity (Wildman–Crippen MR) is 89.5 cm³/mol. The zero-order chi connectivity index (χ0) is 16.1. The van der Waals surface area contributed by atoms with Gasteiger partial charge in [0.15, 0.2) is 0 Å². The molecule has 1 saturated heterocycles. The van der Waals surface area contributed by atoms with E-state index in [4.69, 9.17) is 4.74 Å². The lowest BCUT2D eigenvalue weighted by Crippen LogP contribution is -2.40. The van der Waals surface area contributed by atoms with Crippen LogP contribution in [0, 0.1) is 0 Å². The number of rotatable bonds is 5. The van der Waals surface area contributed by atoms with Crippen molar-refractivity contribution < 1.29 is 14.6 Å². The second-order valence-corrected chi connectivity index (χ2v) is 6.78. The normalized spacial score (nSPS) is 20.0. The number of carbonyl (C=O) groups is 1. The molecule has 0 radical (unpaired) electrons. The number of hydrogen-bond donors (Lipinski definition) is 1. The molecule has 0 aromatic heterocycles. The van der Waals surface area contributed by atoms with Crippen LogP contribution >= 0.6 is 0 Å². The fraction of sp³-hybridized carbons (Fsp3) is 0.632. The summed E-state index contributed by atoms with van der Waals surface area (Å²) in [5, 5.41) is 9.51. The number of hydrogen-bond acceptors (Lipinski definition) is 3.